The highest BCUT2D eigenvalue weighted by Gasteiger charge is 2.30. The molecule has 0 fully saturated rings. The summed E-state index contributed by atoms with van der Waals surface area (Å²) in [6, 6.07) is 11.6. The minimum absolute atomic E-state index is 0.0175. The molecule has 2 rings (SSSR count). The van der Waals surface area contributed by atoms with Crippen molar-refractivity contribution in [2.24, 2.45) is 5.92 Å². The fourth-order valence-electron chi connectivity index (χ4n) is 3.55. The normalized spacial score (nSPS) is 13.1. The largest absolute Gasteiger partial charge is 0.508 e. The smallest absolute Gasteiger partial charge is 0.408 e. The third-order valence-electron chi connectivity index (χ3n) is 5.52. The number of rotatable bonds is 13. The van der Waals surface area contributed by atoms with Crippen LogP contribution < -0.4 is 16.0 Å². The number of aromatic hydroxyl groups is 1. The SMILES string of the molecule is COC(=O)[C@@H](Cc1ccc(O)cc1)NC(=O)[C@H](CC(C)C)NC(=O)[C@@H](CO)NC(=O)OCc1ccccc1. The Morgan fingerprint density at radius 1 is 0.816 bits per heavy atom. The molecule has 11 heteroatoms. The standard InChI is InChI=1S/C27H35N3O8/c1-17(2)13-21(24(33)29-22(26(35)37-3)14-18-9-11-20(32)12-10-18)28-25(34)23(15-31)30-27(36)38-16-19-7-5-4-6-8-19/h4-12,17,21-23,31-32H,13-16H2,1-3H3,(H,28,34)(H,29,33)(H,30,36)/t21-,22+,23+/m0/s1. The second-order valence-corrected chi connectivity index (χ2v) is 9.09. The van der Waals surface area contributed by atoms with E-state index in [1.54, 1.807) is 36.4 Å². The average molecular weight is 530 g/mol. The molecule has 38 heavy (non-hydrogen) atoms. The number of aliphatic hydroxyl groups excluding tert-OH is 1. The molecule has 0 spiro atoms. The number of phenolic OH excluding ortho intramolecular Hbond substituents is 1. The lowest BCUT2D eigenvalue weighted by Crippen LogP contribution is -2.57. The van der Waals surface area contributed by atoms with E-state index >= 15 is 0 Å². The van der Waals surface area contributed by atoms with Crippen LogP contribution in [0.1, 0.15) is 31.4 Å². The van der Waals surface area contributed by atoms with Gasteiger partial charge in [-0.05, 0) is 35.6 Å². The molecule has 2 aromatic rings. The van der Waals surface area contributed by atoms with Crippen molar-refractivity contribution < 1.29 is 38.9 Å². The summed E-state index contributed by atoms with van der Waals surface area (Å²) in [6.45, 7) is 2.95. The van der Waals surface area contributed by atoms with E-state index in [0.717, 1.165) is 5.56 Å². The lowest BCUT2D eigenvalue weighted by Gasteiger charge is -2.25. The number of amides is 3. The van der Waals surface area contributed by atoms with Gasteiger partial charge in [-0.2, -0.15) is 0 Å². The monoisotopic (exact) mass is 529 g/mol. The van der Waals surface area contributed by atoms with Crippen molar-refractivity contribution in [1.82, 2.24) is 16.0 Å². The second-order valence-electron chi connectivity index (χ2n) is 9.09. The third kappa shape index (κ3) is 10.1. The maximum atomic E-state index is 13.1. The van der Waals surface area contributed by atoms with Crippen LogP contribution in [0.4, 0.5) is 4.79 Å². The van der Waals surface area contributed by atoms with Crippen molar-refractivity contribution in [2.75, 3.05) is 13.7 Å². The number of alkyl carbamates (subject to hydrolysis) is 1. The van der Waals surface area contributed by atoms with Crippen LogP contribution in [-0.2, 0) is 36.9 Å². The van der Waals surface area contributed by atoms with Gasteiger partial charge < -0.3 is 35.6 Å². The number of esters is 1. The van der Waals surface area contributed by atoms with E-state index in [4.69, 9.17) is 9.47 Å². The van der Waals surface area contributed by atoms with Gasteiger partial charge in [0.2, 0.25) is 11.8 Å². The molecule has 5 N–H and O–H groups in total. The summed E-state index contributed by atoms with van der Waals surface area (Å²) in [4.78, 5) is 50.5. The van der Waals surface area contributed by atoms with E-state index < -0.39 is 48.6 Å². The number of hydrogen-bond acceptors (Lipinski definition) is 8. The molecule has 0 aliphatic heterocycles. The molecule has 206 valence electrons. The van der Waals surface area contributed by atoms with Crippen LogP contribution in [0.15, 0.2) is 54.6 Å². The maximum Gasteiger partial charge on any atom is 0.408 e. The van der Waals surface area contributed by atoms with Gasteiger partial charge in [0.1, 0.15) is 30.5 Å². The quantitative estimate of drug-likeness (QED) is 0.243. The van der Waals surface area contributed by atoms with Crippen LogP contribution in [0.5, 0.6) is 5.75 Å². The summed E-state index contributed by atoms with van der Waals surface area (Å²) in [5.41, 5.74) is 1.41. The highest BCUT2D eigenvalue weighted by Crippen LogP contribution is 2.13. The van der Waals surface area contributed by atoms with E-state index in [9.17, 15) is 29.4 Å². The Balaban J connectivity index is 2.04. The molecule has 3 amide bonds. The van der Waals surface area contributed by atoms with Crippen molar-refractivity contribution in [3.63, 3.8) is 0 Å². The maximum absolute atomic E-state index is 13.1. The number of carbonyl (C=O) groups is 4. The predicted molar refractivity (Wildman–Crippen MR) is 138 cm³/mol. The fourth-order valence-corrected chi connectivity index (χ4v) is 3.55. The first-order chi connectivity index (χ1) is 18.1. The summed E-state index contributed by atoms with van der Waals surface area (Å²) < 4.78 is 9.92. The number of nitrogens with one attached hydrogen (secondary N) is 3. The van der Waals surface area contributed by atoms with Crippen molar-refractivity contribution in [3.05, 3.63) is 65.7 Å². The molecule has 0 saturated heterocycles. The molecular formula is C27H35N3O8. The van der Waals surface area contributed by atoms with E-state index in [1.165, 1.54) is 19.2 Å². The van der Waals surface area contributed by atoms with Gasteiger partial charge >= 0.3 is 12.1 Å². The van der Waals surface area contributed by atoms with E-state index in [-0.39, 0.29) is 31.1 Å². The van der Waals surface area contributed by atoms with Crippen molar-refractivity contribution in [1.29, 1.82) is 0 Å². The Bertz CT molecular complexity index is 1060. The Morgan fingerprint density at radius 2 is 1.42 bits per heavy atom. The molecule has 2 aromatic carbocycles. The first-order valence-corrected chi connectivity index (χ1v) is 12.2. The van der Waals surface area contributed by atoms with Gasteiger partial charge in [0, 0.05) is 6.42 Å². The summed E-state index contributed by atoms with van der Waals surface area (Å²) in [6.07, 6.45) is -0.594. The van der Waals surface area contributed by atoms with Crippen LogP contribution in [0.3, 0.4) is 0 Å². The van der Waals surface area contributed by atoms with Crippen molar-refractivity contribution in [3.8, 4) is 5.75 Å². The van der Waals surface area contributed by atoms with Gasteiger partial charge in [-0.15, -0.1) is 0 Å². The molecule has 0 aliphatic carbocycles. The van der Waals surface area contributed by atoms with Crippen molar-refractivity contribution in [2.45, 2.75) is 51.4 Å². The second kappa shape index (κ2) is 15.2. The lowest BCUT2D eigenvalue weighted by molar-refractivity contribution is -0.145. The fraction of sp³-hybridized carbons (Fsp3) is 0.407. The van der Waals surface area contributed by atoms with E-state index in [1.807, 2.05) is 19.9 Å². The van der Waals surface area contributed by atoms with Crippen LogP contribution >= 0.6 is 0 Å². The summed E-state index contributed by atoms with van der Waals surface area (Å²) in [5, 5.41) is 26.6. The number of methoxy groups -OCH3 is 1. The zero-order chi connectivity index (χ0) is 28.1. The molecule has 0 bridgehead atoms. The molecule has 11 nitrogen and oxygen atoms in total. The highest BCUT2D eigenvalue weighted by molar-refractivity contribution is 5.93. The topological polar surface area (TPSA) is 163 Å². The minimum atomic E-state index is -1.37. The first-order valence-electron chi connectivity index (χ1n) is 12.2. The van der Waals surface area contributed by atoms with Gasteiger partial charge in [-0.1, -0.05) is 56.3 Å². The predicted octanol–water partition coefficient (Wildman–Crippen LogP) is 1.41. The van der Waals surface area contributed by atoms with Gasteiger partial charge in [-0.25, -0.2) is 9.59 Å². The Morgan fingerprint density at radius 3 is 2.00 bits per heavy atom. The third-order valence-corrected chi connectivity index (χ3v) is 5.52. The molecule has 0 saturated carbocycles. The molecule has 0 aliphatic rings. The Kier molecular flexibility index (Phi) is 12.0. The number of phenols is 1. The van der Waals surface area contributed by atoms with Crippen LogP contribution in [0, 0.1) is 5.92 Å². The van der Waals surface area contributed by atoms with Gasteiger partial charge in [0.05, 0.1) is 13.7 Å². The number of aliphatic hydroxyl groups is 1. The van der Waals surface area contributed by atoms with Gasteiger partial charge in [-0.3, -0.25) is 9.59 Å². The van der Waals surface area contributed by atoms with Crippen LogP contribution in [0.2, 0.25) is 0 Å². The minimum Gasteiger partial charge on any atom is -0.508 e. The molecule has 0 radical (unpaired) electrons. The molecule has 3 atom stereocenters. The summed E-state index contributed by atoms with van der Waals surface area (Å²) in [5.74, 6) is -2.07. The molecule has 0 heterocycles. The molecule has 0 unspecified atom stereocenters. The molecular weight excluding hydrogens is 494 g/mol. The number of ether oxygens (including phenoxy) is 2. The van der Waals surface area contributed by atoms with Crippen LogP contribution in [0.25, 0.3) is 0 Å². The molecule has 0 aromatic heterocycles. The zero-order valence-electron chi connectivity index (χ0n) is 21.7. The van der Waals surface area contributed by atoms with Gasteiger partial charge in [0.15, 0.2) is 0 Å². The van der Waals surface area contributed by atoms with Crippen molar-refractivity contribution >= 4 is 23.9 Å². The van der Waals surface area contributed by atoms with Gasteiger partial charge in [0.25, 0.3) is 0 Å². The average Bonchev–Trinajstić information content (AvgIpc) is 2.90. The van der Waals surface area contributed by atoms with Crippen LogP contribution in [-0.4, -0.2) is 65.9 Å². The summed E-state index contributed by atoms with van der Waals surface area (Å²) >= 11 is 0. The lowest BCUT2D eigenvalue weighted by atomic mass is 10.0. The number of carbonyl (C=O) groups excluding carboxylic acids is 4. The van der Waals surface area contributed by atoms with E-state index in [0.29, 0.717) is 5.56 Å². The zero-order valence-corrected chi connectivity index (χ0v) is 21.7. The Labute approximate surface area is 221 Å². The van der Waals surface area contributed by atoms with E-state index in [2.05, 4.69) is 16.0 Å². The summed E-state index contributed by atoms with van der Waals surface area (Å²) in [7, 11) is 1.19. The number of hydrogen-bond donors (Lipinski definition) is 5. The highest BCUT2D eigenvalue weighted by atomic mass is 16.5. The Hall–Kier alpha value is -4.12. The number of benzene rings is 2. The first kappa shape index (κ1) is 30.1.